The fourth-order valence-electron chi connectivity index (χ4n) is 2.02. The second-order valence-corrected chi connectivity index (χ2v) is 4.89. The van der Waals surface area contributed by atoms with Crippen LogP contribution in [0, 0.1) is 6.58 Å². The van der Waals surface area contributed by atoms with Crippen LogP contribution < -0.4 is 0 Å². The topological polar surface area (TPSA) is 0 Å². The SMILES string of the molecule is [CH]=CCCCCCc1ccc(C(C)CC)cc1. The zero-order valence-electron chi connectivity index (χ0n) is 11.3. The van der Waals surface area contributed by atoms with E-state index in [1.54, 1.807) is 6.08 Å². The van der Waals surface area contributed by atoms with E-state index in [2.05, 4.69) is 38.1 Å². The monoisotopic (exact) mass is 229 g/mol. The Balaban J connectivity index is 2.32. The van der Waals surface area contributed by atoms with Crippen molar-refractivity contribution < 1.29 is 0 Å². The Kier molecular flexibility index (Phi) is 6.69. The molecule has 0 aliphatic carbocycles. The number of allylic oxidation sites excluding steroid dienone is 1. The minimum atomic E-state index is 0.684. The Bertz CT molecular complexity index is 307. The molecule has 93 valence electrons. The van der Waals surface area contributed by atoms with Gasteiger partial charge >= 0.3 is 0 Å². The van der Waals surface area contributed by atoms with Gasteiger partial charge in [0.2, 0.25) is 0 Å². The minimum Gasteiger partial charge on any atom is -0.0845 e. The number of hydrogen-bond acceptors (Lipinski definition) is 0. The van der Waals surface area contributed by atoms with E-state index in [4.69, 9.17) is 6.58 Å². The number of aryl methyl sites for hydroxylation is 1. The molecule has 0 N–H and O–H groups in total. The van der Waals surface area contributed by atoms with E-state index in [1.807, 2.05) is 0 Å². The van der Waals surface area contributed by atoms with Gasteiger partial charge in [-0.3, -0.25) is 0 Å². The maximum Gasteiger partial charge on any atom is -0.0193 e. The number of unbranched alkanes of at least 4 members (excludes halogenated alkanes) is 3. The van der Waals surface area contributed by atoms with Gasteiger partial charge in [-0.1, -0.05) is 57.2 Å². The molecule has 0 spiro atoms. The van der Waals surface area contributed by atoms with Crippen LogP contribution in [0.2, 0.25) is 0 Å². The van der Waals surface area contributed by atoms with Crippen LogP contribution in [0.5, 0.6) is 0 Å². The molecule has 0 saturated carbocycles. The maximum absolute atomic E-state index is 5.35. The number of hydrogen-bond donors (Lipinski definition) is 0. The van der Waals surface area contributed by atoms with Gasteiger partial charge in [0.25, 0.3) is 0 Å². The van der Waals surface area contributed by atoms with E-state index in [1.165, 1.54) is 43.2 Å². The van der Waals surface area contributed by atoms with Crippen LogP contribution in [-0.2, 0) is 6.42 Å². The average molecular weight is 229 g/mol. The largest absolute Gasteiger partial charge is 0.0845 e. The highest BCUT2D eigenvalue weighted by atomic mass is 14.1. The van der Waals surface area contributed by atoms with Gasteiger partial charge < -0.3 is 0 Å². The third-order valence-corrected chi connectivity index (χ3v) is 3.50. The molecule has 0 aromatic heterocycles. The zero-order chi connectivity index (χ0) is 12.5. The molecule has 1 rings (SSSR count). The number of benzene rings is 1. The summed E-state index contributed by atoms with van der Waals surface area (Å²) in [7, 11) is 0. The van der Waals surface area contributed by atoms with Crippen molar-refractivity contribution in [2.45, 2.75) is 58.3 Å². The quantitative estimate of drug-likeness (QED) is 0.531. The Morgan fingerprint density at radius 3 is 2.41 bits per heavy atom. The molecule has 0 saturated heterocycles. The molecule has 0 bridgehead atoms. The predicted octanol–water partition coefficient (Wildman–Crippen LogP) is 5.29. The number of rotatable bonds is 8. The summed E-state index contributed by atoms with van der Waals surface area (Å²) in [6.07, 6.45) is 9.01. The fraction of sp³-hybridized carbons (Fsp3) is 0.529. The fourth-order valence-corrected chi connectivity index (χ4v) is 2.02. The van der Waals surface area contributed by atoms with Gasteiger partial charge in [-0.15, -0.1) is 0 Å². The van der Waals surface area contributed by atoms with Crippen LogP contribution in [0.4, 0.5) is 0 Å². The Hall–Kier alpha value is -1.04. The summed E-state index contributed by atoms with van der Waals surface area (Å²) in [5.74, 6) is 0.684. The summed E-state index contributed by atoms with van der Waals surface area (Å²) < 4.78 is 0. The van der Waals surface area contributed by atoms with E-state index in [0.717, 1.165) is 6.42 Å². The van der Waals surface area contributed by atoms with Crippen LogP contribution in [0.25, 0.3) is 0 Å². The molecule has 1 radical (unpaired) electrons. The molecule has 0 amide bonds. The standard InChI is InChI=1S/C17H25/c1-4-6-7-8-9-10-16-11-13-17(14-12-16)15(3)5-2/h1,4,11-15H,5-10H2,2-3H3. The van der Waals surface area contributed by atoms with E-state index in [-0.39, 0.29) is 0 Å². The molecule has 17 heavy (non-hydrogen) atoms. The highest BCUT2D eigenvalue weighted by molar-refractivity contribution is 5.25. The van der Waals surface area contributed by atoms with Gasteiger partial charge in [-0.05, 0) is 49.1 Å². The van der Waals surface area contributed by atoms with Crippen molar-refractivity contribution in [2.75, 3.05) is 0 Å². The highest BCUT2D eigenvalue weighted by Crippen LogP contribution is 2.19. The van der Waals surface area contributed by atoms with Crippen molar-refractivity contribution in [1.82, 2.24) is 0 Å². The first kappa shape index (κ1) is 14.0. The smallest absolute Gasteiger partial charge is 0.0193 e. The Labute approximate surface area is 107 Å². The van der Waals surface area contributed by atoms with Gasteiger partial charge in [0.1, 0.15) is 0 Å². The van der Waals surface area contributed by atoms with Crippen LogP contribution in [-0.4, -0.2) is 0 Å². The molecule has 0 heterocycles. The van der Waals surface area contributed by atoms with Crippen LogP contribution in [0.3, 0.4) is 0 Å². The van der Waals surface area contributed by atoms with Crippen molar-refractivity contribution >= 4 is 0 Å². The molecule has 0 aliphatic heterocycles. The summed E-state index contributed by atoms with van der Waals surface area (Å²) in [4.78, 5) is 0. The van der Waals surface area contributed by atoms with Crippen LogP contribution in [0.1, 0.15) is 63.0 Å². The second-order valence-electron chi connectivity index (χ2n) is 4.89. The molecule has 1 unspecified atom stereocenters. The van der Waals surface area contributed by atoms with E-state index >= 15 is 0 Å². The lowest BCUT2D eigenvalue weighted by Crippen LogP contribution is -1.92. The average Bonchev–Trinajstić information content (AvgIpc) is 2.38. The summed E-state index contributed by atoms with van der Waals surface area (Å²) in [5.41, 5.74) is 2.93. The lowest BCUT2D eigenvalue weighted by molar-refractivity contribution is 0.686. The lowest BCUT2D eigenvalue weighted by atomic mass is 9.96. The second kappa shape index (κ2) is 8.11. The molecule has 1 aromatic carbocycles. The summed E-state index contributed by atoms with van der Waals surface area (Å²) in [5, 5.41) is 0. The summed E-state index contributed by atoms with van der Waals surface area (Å²) in [6, 6.07) is 9.15. The normalized spacial score (nSPS) is 12.4. The molecule has 0 heteroatoms. The van der Waals surface area contributed by atoms with Crippen molar-refractivity contribution in [3.8, 4) is 0 Å². The van der Waals surface area contributed by atoms with Gasteiger partial charge in [-0.25, -0.2) is 0 Å². The maximum atomic E-state index is 5.35. The molecular weight excluding hydrogens is 204 g/mol. The predicted molar refractivity (Wildman–Crippen MR) is 76.2 cm³/mol. The highest BCUT2D eigenvalue weighted by Gasteiger charge is 2.02. The van der Waals surface area contributed by atoms with Crippen molar-refractivity contribution in [2.24, 2.45) is 0 Å². The van der Waals surface area contributed by atoms with Crippen molar-refractivity contribution in [3.63, 3.8) is 0 Å². The third-order valence-electron chi connectivity index (χ3n) is 3.50. The van der Waals surface area contributed by atoms with E-state index in [0.29, 0.717) is 5.92 Å². The first-order valence-corrected chi connectivity index (χ1v) is 6.90. The van der Waals surface area contributed by atoms with Gasteiger partial charge in [0, 0.05) is 0 Å². The molecule has 0 fully saturated rings. The van der Waals surface area contributed by atoms with Crippen LogP contribution in [0.15, 0.2) is 30.3 Å². The Morgan fingerprint density at radius 2 is 1.82 bits per heavy atom. The molecule has 0 nitrogen and oxygen atoms in total. The zero-order valence-corrected chi connectivity index (χ0v) is 11.3. The lowest BCUT2D eigenvalue weighted by Gasteiger charge is -2.09. The van der Waals surface area contributed by atoms with Gasteiger partial charge in [0.15, 0.2) is 0 Å². The Morgan fingerprint density at radius 1 is 1.12 bits per heavy atom. The van der Waals surface area contributed by atoms with E-state index < -0.39 is 0 Å². The van der Waals surface area contributed by atoms with Crippen LogP contribution >= 0.6 is 0 Å². The molecule has 1 aromatic rings. The third kappa shape index (κ3) is 5.21. The van der Waals surface area contributed by atoms with Crippen molar-refractivity contribution in [3.05, 3.63) is 48.0 Å². The first-order chi connectivity index (χ1) is 8.27. The van der Waals surface area contributed by atoms with Crippen molar-refractivity contribution in [1.29, 1.82) is 0 Å². The first-order valence-electron chi connectivity index (χ1n) is 6.90. The van der Waals surface area contributed by atoms with E-state index in [9.17, 15) is 0 Å². The summed E-state index contributed by atoms with van der Waals surface area (Å²) in [6.45, 7) is 9.89. The molecular formula is C17H25. The van der Waals surface area contributed by atoms with Gasteiger partial charge in [0.05, 0.1) is 0 Å². The summed E-state index contributed by atoms with van der Waals surface area (Å²) >= 11 is 0. The molecule has 0 aliphatic rings. The minimum absolute atomic E-state index is 0.684. The van der Waals surface area contributed by atoms with Gasteiger partial charge in [-0.2, -0.15) is 0 Å². The molecule has 1 atom stereocenters.